The molecule has 0 saturated heterocycles. The zero-order valence-electron chi connectivity index (χ0n) is 27.6. The number of nitrogens with zero attached hydrogens (tertiary/aromatic N) is 3. The third-order valence-corrected chi connectivity index (χ3v) is 12.9. The molecule has 7 rings (SSSR count). The predicted molar refractivity (Wildman–Crippen MR) is 204 cm³/mol. The zero-order valence-corrected chi connectivity index (χ0v) is 30.1. The first-order valence-electron chi connectivity index (χ1n) is 16.4. The van der Waals surface area contributed by atoms with Gasteiger partial charge in [-0.15, -0.1) is 0 Å². The summed E-state index contributed by atoms with van der Waals surface area (Å²) in [5.74, 6) is -0.335. The molecular weight excluding hydrogens is 684 g/mol. The Morgan fingerprint density at radius 3 is 2.56 bits per heavy atom. The van der Waals surface area contributed by atoms with Crippen molar-refractivity contribution in [3.05, 3.63) is 126 Å². The van der Waals surface area contributed by atoms with Gasteiger partial charge in [0.25, 0.3) is 5.91 Å². The average molecular weight is 719 g/mol. The monoisotopic (exact) mass is 718 g/mol. The van der Waals surface area contributed by atoms with E-state index in [1.807, 2.05) is 127 Å². The average Bonchev–Trinajstić information content (AvgIpc) is 3.88. The van der Waals surface area contributed by atoms with E-state index in [0.717, 1.165) is 50.0 Å². The summed E-state index contributed by atoms with van der Waals surface area (Å²) >= 11 is 8.07. The fourth-order valence-corrected chi connectivity index (χ4v) is 10.2. The number of fused-ring (bicyclic) bond motifs is 2. The Hall–Kier alpha value is -4.76. The van der Waals surface area contributed by atoms with Crippen molar-refractivity contribution in [1.29, 1.82) is 0 Å². The van der Waals surface area contributed by atoms with Gasteiger partial charge >= 0.3 is 5.97 Å². The molecule has 2 aromatic heterocycles. The summed E-state index contributed by atoms with van der Waals surface area (Å²) in [6.45, 7) is 1.85. The van der Waals surface area contributed by atoms with Gasteiger partial charge in [0.05, 0.1) is 28.4 Å². The number of carbonyl (C=O) groups is 2. The molecule has 1 N–H and O–H groups in total. The third-order valence-electron chi connectivity index (χ3n) is 8.34. The van der Waals surface area contributed by atoms with Crippen LogP contribution in [0.15, 0.2) is 119 Å². The summed E-state index contributed by atoms with van der Waals surface area (Å²) < 4.78 is 14.5. The minimum Gasteiger partial charge on any atom is -0.462 e. The predicted octanol–water partition coefficient (Wildman–Crippen LogP) is 8.84. The molecule has 2 heterocycles. The summed E-state index contributed by atoms with van der Waals surface area (Å²) in [6, 6.07) is 33.2. The van der Waals surface area contributed by atoms with Crippen molar-refractivity contribution in [1.82, 2.24) is 19.9 Å². The van der Waals surface area contributed by atoms with Gasteiger partial charge in [-0.05, 0) is 90.7 Å². The van der Waals surface area contributed by atoms with Crippen molar-refractivity contribution in [2.75, 3.05) is 13.2 Å². The number of hydrogen-bond donors (Lipinski definition) is 1. The first-order chi connectivity index (χ1) is 24.3. The molecule has 4 aromatic carbocycles. The van der Waals surface area contributed by atoms with Crippen LogP contribution >= 0.6 is 18.2 Å². The Kier molecular flexibility index (Phi) is 9.85. The number of nitrogens with one attached hydrogen (secondary N) is 1. The highest BCUT2D eigenvalue weighted by Crippen LogP contribution is 2.53. The SMILES string of the molecule is CNC(=O)c1ccccc1Sc1ccc2c(/C=C/c3ccccn3)nn(P(=S)(C[C@@H](C)C(=O)OC3CC3)Oc3cccc4ccccc34)c2c1. The van der Waals surface area contributed by atoms with E-state index in [-0.39, 0.29) is 24.1 Å². The van der Waals surface area contributed by atoms with E-state index in [4.69, 9.17) is 26.2 Å². The van der Waals surface area contributed by atoms with Crippen LogP contribution in [0.5, 0.6) is 5.75 Å². The number of carbonyl (C=O) groups excluding carboxylic acids is 2. The molecule has 1 saturated carbocycles. The number of pyridine rings is 1. The molecule has 11 heteroatoms. The van der Waals surface area contributed by atoms with Gasteiger partial charge < -0.3 is 14.6 Å². The molecule has 50 heavy (non-hydrogen) atoms. The summed E-state index contributed by atoms with van der Waals surface area (Å²) in [7, 11) is 1.62. The molecule has 1 fully saturated rings. The largest absolute Gasteiger partial charge is 0.462 e. The number of rotatable bonds is 12. The van der Waals surface area contributed by atoms with Gasteiger partial charge in [-0.25, -0.2) is 4.45 Å². The van der Waals surface area contributed by atoms with E-state index < -0.39 is 12.3 Å². The molecule has 1 amide bonds. The second-order valence-corrected chi connectivity index (χ2v) is 17.2. The van der Waals surface area contributed by atoms with Gasteiger partial charge in [-0.3, -0.25) is 14.6 Å². The maximum Gasteiger partial charge on any atom is 0.309 e. The number of benzene rings is 4. The highest BCUT2D eigenvalue weighted by molar-refractivity contribution is 8.11. The lowest BCUT2D eigenvalue weighted by molar-refractivity contribution is -0.148. The number of amides is 1. The minimum absolute atomic E-state index is 0.0205. The van der Waals surface area contributed by atoms with E-state index in [9.17, 15) is 9.59 Å². The van der Waals surface area contributed by atoms with Crippen molar-refractivity contribution in [2.45, 2.75) is 35.7 Å². The van der Waals surface area contributed by atoms with Gasteiger partial charge in [0.1, 0.15) is 11.9 Å². The van der Waals surface area contributed by atoms with E-state index in [2.05, 4.69) is 10.3 Å². The van der Waals surface area contributed by atoms with E-state index in [1.165, 1.54) is 11.8 Å². The fourth-order valence-electron chi connectivity index (χ4n) is 5.64. The number of hydrogen-bond acceptors (Lipinski definition) is 8. The smallest absolute Gasteiger partial charge is 0.309 e. The Bertz CT molecular complexity index is 2280. The first kappa shape index (κ1) is 33.7. The van der Waals surface area contributed by atoms with E-state index >= 15 is 0 Å². The van der Waals surface area contributed by atoms with Gasteiger partial charge in [-0.2, -0.15) is 5.10 Å². The van der Waals surface area contributed by atoms with Crippen LogP contribution in [0.3, 0.4) is 0 Å². The first-order valence-corrected chi connectivity index (χ1v) is 20.1. The molecule has 0 spiro atoms. The standard InChI is InChI=1S/C39H35N4O4PS2/c1-26(39(45)46-29-18-19-29)25-48(49,47-36-15-9-11-27-10-3-4-13-31(27)36)43-35-24-30(50-37-16-6-5-14-33(37)38(44)40-2)20-21-32(35)34(42-43)22-17-28-12-7-8-23-41-28/h3-17,20-24,26,29H,18-19,25H2,1-2H3,(H,40,44)/b22-17+/t26-,48?/m1/s1. The summed E-state index contributed by atoms with van der Waals surface area (Å²) in [6.07, 6.45) is 4.41. The van der Waals surface area contributed by atoms with Crippen LogP contribution in [0.4, 0.5) is 0 Å². The quantitative estimate of drug-likeness (QED) is 0.0991. The summed E-state index contributed by atoms with van der Waals surface area (Å²) in [5, 5.41) is 10.7. The Morgan fingerprint density at radius 1 is 0.980 bits per heavy atom. The van der Waals surface area contributed by atoms with Crippen molar-refractivity contribution in [3.63, 3.8) is 0 Å². The Morgan fingerprint density at radius 2 is 1.76 bits per heavy atom. The molecule has 0 radical (unpaired) electrons. The number of esters is 1. The van der Waals surface area contributed by atoms with Crippen LogP contribution in [-0.4, -0.2) is 45.7 Å². The lowest BCUT2D eigenvalue weighted by Gasteiger charge is -2.27. The molecule has 252 valence electrons. The molecule has 8 nitrogen and oxygen atoms in total. The molecular formula is C39H35N4O4PS2. The molecule has 0 bridgehead atoms. The molecule has 0 aliphatic heterocycles. The van der Waals surface area contributed by atoms with Crippen LogP contribution in [0.2, 0.25) is 0 Å². The number of aromatic nitrogens is 3. The lowest BCUT2D eigenvalue weighted by Crippen LogP contribution is -2.22. The van der Waals surface area contributed by atoms with Crippen molar-refractivity contribution < 1.29 is 18.8 Å². The van der Waals surface area contributed by atoms with E-state index in [1.54, 1.807) is 13.2 Å². The number of ether oxygens (including phenoxy) is 1. The van der Waals surface area contributed by atoms with Crippen molar-refractivity contribution in [3.8, 4) is 5.75 Å². The Balaban J connectivity index is 1.37. The van der Waals surface area contributed by atoms with Gasteiger partial charge in [-0.1, -0.05) is 73.3 Å². The van der Waals surface area contributed by atoms with Gasteiger partial charge in [0.15, 0.2) is 0 Å². The maximum atomic E-state index is 13.3. The van der Waals surface area contributed by atoms with Crippen LogP contribution in [0.1, 0.15) is 41.5 Å². The highest BCUT2D eigenvalue weighted by Gasteiger charge is 2.35. The second-order valence-electron chi connectivity index (χ2n) is 12.1. The molecule has 1 aliphatic rings. The van der Waals surface area contributed by atoms with Crippen molar-refractivity contribution in [2.24, 2.45) is 5.92 Å². The minimum atomic E-state index is -3.17. The van der Waals surface area contributed by atoms with Crippen LogP contribution < -0.4 is 9.84 Å². The van der Waals surface area contributed by atoms with Crippen LogP contribution in [0.25, 0.3) is 33.8 Å². The molecule has 1 unspecified atom stereocenters. The maximum absolute atomic E-state index is 13.3. The molecule has 1 aliphatic carbocycles. The molecule has 2 atom stereocenters. The van der Waals surface area contributed by atoms with E-state index in [0.29, 0.717) is 17.0 Å². The Labute approximate surface area is 300 Å². The summed E-state index contributed by atoms with van der Waals surface area (Å²) in [5.41, 5.74) is 2.83. The second kappa shape index (κ2) is 14.6. The van der Waals surface area contributed by atoms with Gasteiger partial charge in [0, 0.05) is 40.0 Å². The van der Waals surface area contributed by atoms with Crippen LogP contribution in [-0.2, 0) is 21.3 Å². The topological polar surface area (TPSA) is 95.3 Å². The van der Waals surface area contributed by atoms with Crippen molar-refractivity contribution >= 4 is 75.7 Å². The summed E-state index contributed by atoms with van der Waals surface area (Å²) in [4.78, 5) is 32.1. The third kappa shape index (κ3) is 7.38. The molecule has 6 aromatic rings. The lowest BCUT2D eigenvalue weighted by atomic mass is 10.1. The van der Waals surface area contributed by atoms with Crippen LogP contribution in [0, 0.1) is 5.92 Å². The highest BCUT2D eigenvalue weighted by atomic mass is 32.4. The fraction of sp³-hybridized carbons (Fsp3) is 0.179. The zero-order chi connectivity index (χ0) is 34.7. The normalized spacial score (nSPS) is 14.8. The van der Waals surface area contributed by atoms with Gasteiger partial charge in [0.2, 0.25) is 6.42 Å².